The highest BCUT2D eigenvalue weighted by Crippen LogP contribution is 2.16. The van der Waals surface area contributed by atoms with Crippen LogP contribution in [0.2, 0.25) is 0 Å². The van der Waals surface area contributed by atoms with Gasteiger partial charge in [0.15, 0.2) is 0 Å². The third kappa shape index (κ3) is 3.09. The Morgan fingerprint density at radius 2 is 2.19 bits per heavy atom. The Kier molecular flexibility index (Phi) is 3.94. The van der Waals surface area contributed by atoms with Gasteiger partial charge in [-0.05, 0) is 30.7 Å². The number of hydrogen-bond acceptors (Lipinski definition) is 6. The molecule has 1 atom stereocenters. The molecule has 0 aliphatic heterocycles. The predicted molar refractivity (Wildman–Crippen MR) is 78.0 cm³/mol. The minimum atomic E-state index is -0.644. The standard InChI is InChI=1S/C14H13N3O3S/c18-13(10-4-6-20-8-10)3-5-15-14(19)9-1-2-11-12(7-9)17-21-16-11/h1-2,4,6-8,13,18H,3,5H2,(H,15,19)/t13-/m0/s1. The minimum absolute atomic E-state index is 0.190. The molecule has 2 heterocycles. The van der Waals surface area contributed by atoms with E-state index >= 15 is 0 Å². The van der Waals surface area contributed by atoms with Gasteiger partial charge in [0.2, 0.25) is 0 Å². The van der Waals surface area contributed by atoms with Crippen molar-refractivity contribution in [3.8, 4) is 0 Å². The molecule has 0 saturated heterocycles. The van der Waals surface area contributed by atoms with Gasteiger partial charge in [-0.15, -0.1) is 0 Å². The Balaban J connectivity index is 1.56. The first-order chi connectivity index (χ1) is 10.2. The summed E-state index contributed by atoms with van der Waals surface area (Å²) in [7, 11) is 0. The maximum Gasteiger partial charge on any atom is 0.251 e. The first-order valence-corrected chi connectivity index (χ1v) is 7.18. The molecule has 0 saturated carbocycles. The molecule has 1 aromatic carbocycles. The molecule has 0 aliphatic carbocycles. The van der Waals surface area contributed by atoms with E-state index < -0.39 is 6.10 Å². The van der Waals surface area contributed by atoms with Crippen LogP contribution in [0.4, 0.5) is 0 Å². The molecule has 108 valence electrons. The number of hydrogen-bond donors (Lipinski definition) is 2. The number of carbonyl (C=O) groups excluding carboxylic acids is 1. The monoisotopic (exact) mass is 303 g/mol. The van der Waals surface area contributed by atoms with Gasteiger partial charge < -0.3 is 14.8 Å². The molecule has 3 aromatic rings. The van der Waals surface area contributed by atoms with Crippen molar-refractivity contribution in [1.29, 1.82) is 0 Å². The van der Waals surface area contributed by atoms with Gasteiger partial charge >= 0.3 is 0 Å². The zero-order valence-electron chi connectivity index (χ0n) is 11.0. The van der Waals surface area contributed by atoms with E-state index in [2.05, 4.69) is 14.1 Å². The SMILES string of the molecule is O=C(NCC[C@H](O)c1ccoc1)c1ccc2nsnc2c1. The van der Waals surface area contributed by atoms with Crippen LogP contribution < -0.4 is 5.32 Å². The van der Waals surface area contributed by atoms with Crippen LogP contribution in [0, 0.1) is 0 Å². The molecule has 7 heteroatoms. The zero-order valence-corrected chi connectivity index (χ0v) is 11.8. The fourth-order valence-electron chi connectivity index (χ4n) is 1.98. The number of benzene rings is 1. The molecule has 0 aliphatic rings. The van der Waals surface area contributed by atoms with Gasteiger partial charge in [-0.1, -0.05) is 0 Å². The van der Waals surface area contributed by atoms with Gasteiger partial charge in [-0.3, -0.25) is 4.79 Å². The quantitative estimate of drug-likeness (QED) is 0.754. The van der Waals surface area contributed by atoms with Crippen molar-refractivity contribution < 1.29 is 14.3 Å². The molecule has 0 unspecified atom stereocenters. The fraction of sp³-hybridized carbons (Fsp3) is 0.214. The molecular formula is C14H13N3O3S. The summed E-state index contributed by atoms with van der Waals surface area (Å²) in [5, 5.41) is 12.7. The third-order valence-corrected chi connectivity index (χ3v) is 3.70. The van der Waals surface area contributed by atoms with Crippen molar-refractivity contribution in [2.75, 3.05) is 6.54 Å². The second-order valence-electron chi connectivity index (χ2n) is 4.58. The lowest BCUT2D eigenvalue weighted by molar-refractivity contribution is 0.0942. The number of aliphatic hydroxyl groups is 1. The number of amides is 1. The number of rotatable bonds is 5. The summed E-state index contributed by atoms with van der Waals surface area (Å²) < 4.78 is 13.1. The largest absolute Gasteiger partial charge is 0.472 e. The molecule has 2 aromatic heterocycles. The summed E-state index contributed by atoms with van der Waals surface area (Å²) in [6, 6.07) is 6.90. The number of nitrogens with one attached hydrogen (secondary N) is 1. The van der Waals surface area contributed by atoms with Gasteiger partial charge in [0.1, 0.15) is 11.0 Å². The van der Waals surface area contributed by atoms with Crippen molar-refractivity contribution in [3.05, 3.63) is 47.9 Å². The molecule has 2 N–H and O–H groups in total. The Hall–Kier alpha value is -2.25. The molecule has 0 fully saturated rings. The third-order valence-electron chi connectivity index (χ3n) is 3.15. The summed E-state index contributed by atoms with van der Waals surface area (Å²) in [4.78, 5) is 12.0. The number of aromatic nitrogens is 2. The Morgan fingerprint density at radius 3 is 3.00 bits per heavy atom. The Bertz CT molecular complexity index is 739. The maximum atomic E-state index is 12.0. The van der Waals surface area contributed by atoms with Crippen LogP contribution >= 0.6 is 11.7 Å². The highest BCUT2D eigenvalue weighted by Gasteiger charge is 2.11. The van der Waals surface area contributed by atoms with Crippen molar-refractivity contribution in [1.82, 2.24) is 14.1 Å². The first-order valence-electron chi connectivity index (χ1n) is 6.45. The Morgan fingerprint density at radius 1 is 1.33 bits per heavy atom. The fourth-order valence-corrected chi connectivity index (χ4v) is 2.50. The molecular weight excluding hydrogens is 290 g/mol. The minimum Gasteiger partial charge on any atom is -0.472 e. The molecule has 0 spiro atoms. The van der Waals surface area contributed by atoms with Gasteiger partial charge in [0, 0.05) is 17.7 Å². The summed E-state index contributed by atoms with van der Waals surface area (Å²) in [5.41, 5.74) is 2.74. The average Bonchev–Trinajstić information content (AvgIpc) is 3.17. The van der Waals surface area contributed by atoms with E-state index in [1.165, 1.54) is 12.5 Å². The lowest BCUT2D eigenvalue weighted by Gasteiger charge is -2.09. The zero-order chi connectivity index (χ0) is 14.7. The number of fused-ring (bicyclic) bond motifs is 1. The predicted octanol–water partition coefficient (Wildman–Crippen LogP) is 2.14. The summed E-state index contributed by atoms with van der Waals surface area (Å²) in [5.74, 6) is -0.190. The number of furan rings is 1. The smallest absolute Gasteiger partial charge is 0.251 e. The van der Waals surface area contributed by atoms with Crippen LogP contribution in [0.15, 0.2) is 41.2 Å². The molecule has 0 bridgehead atoms. The van der Waals surface area contributed by atoms with Gasteiger partial charge in [0.05, 0.1) is 30.4 Å². The van der Waals surface area contributed by atoms with E-state index in [4.69, 9.17) is 4.42 Å². The topological polar surface area (TPSA) is 88.2 Å². The van der Waals surface area contributed by atoms with Crippen molar-refractivity contribution in [2.45, 2.75) is 12.5 Å². The van der Waals surface area contributed by atoms with E-state index in [-0.39, 0.29) is 5.91 Å². The van der Waals surface area contributed by atoms with E-state index in [9.17, 15) is 9.90 Å². The summed E-state index contributed by atoms with van der Waals surface area (Å²) in [6.45, 7) is 0.374. The first kappa shape index (κ1) is 13.7. The number of nitrogens with zero attached hydrogens (tertiary/aromatic N) is 2. The van der Waals surface area contributed by atoms with E-state index in [1.54, 1.807) is 24.3 Å². The van der Waals surface area contributed by atoms with Crippen LogP contribution in [0.3, 0.4) is 0 Å². The van der Waals surface area contributed by atoms with Crippen LogP contribution in [-0.2, 0) is 0 Å². The van der Waals surface area contributed by atoms with Crippen LogP contribution in [0.5, 0.6) is 0 Å². The van der Waals surface area contributed by atoms with E-state index in [1.807, 2.05) is 0 Å². The van der Waals surface area contributed by atoms with Crippen LogP contribution in [0.25, 0.3) is 11.0 Å². The maximum absolute atomic E-state index is 12.0. The van der Waals surface area contributed by atoms with Crippen LogP contribution in [-0.4, -0.2) is 26.3 Å². The normalized spacial score (nSPS) is 12.4. The van der Waals surface area contributed by atoms with Crippen LogP contribution in [0.1, 0.15) is 28.4 Å². The second kappa shape index (κ2) is 6.02. The highest BCUT2D eigenvalue weighted by molar-refractivity contribution is 7.00. The highest BCUT2D eigenvalue weighted by atomic mass is 32.1. The van der Waals surface area contributed by atoms with Crippen molar-refractivity contribution in [2.24, 2.45) is 0 Å². The lowest BCUT2D eigenvalue weighted by Crippen LogP contribution is -2.25. The molecule has 21 heavy (non-hydrogen) atoms. The molecule has 3 rings (SSSR count). The van der Waals surface area contributed by atoms with Crippen molar-refractivity contribution in [3.63, 3.8) is 0 Å². The average molecular weight is 303 g/mol. The number of carbonyl (C=O) groups is 1. The lowest BCUT2D eigenvalue weighted by atomic mass is 10.1. The van der Waals surface area contributed by atoms with Gasteiger partial charge in [0.25, 0.3) is 5.91 Å². The van der Waals surface area contributed by atoms with Crippen molar-refractivity contribution >= 4 is 28.7 Å². The van der Waals surface area contributed by atoms with E-state index in [0.29, 0.717) is 29.6 Å². The summed E-state index contributed by atoms with van der Waals surface area (Å²) in [6.07, 6.45) is 2.78. The molecule has 0 radical (unpaired) electrons. The Labute approximate surface area is 124 Å². The van der Waals surface area contributed by atoms with Gasteiger partial charge in [-0.25, -0.2) is 0 Å². The number of aliphatic hydroxyl groups excluding tert-OH is 1. The van der Waals surface area contributed by atoms with Gasteiger partial charge in [-0.2, -0.15) is 8.75 Å². The van der Waals surface area contributed by atoms with E-state index in [0.717, 1.165) is 17.2 Å². The molecule has 1 amide bonds. The summed E-state index contributed by atoms with van der Waals surface area (Å²) >= 11 is 1.12. The second-order valence-corrected chi connectivity index (χ2v) is 5.11. The molecule has 6 nitrogen and oxygen atoms in total.